The predicted molar refractivity (Wildman–Crippen MR) is 208 cm³/mol. The number of hydrogen-bond donors (Lipinski definition) is 2. The van der Waals surface area contributed by atoms with Crippen molar-refractivity contribution >= 4 is 40.3 Å². The second-order valence-corrected chi connectivity index (χ2v) is 17.3. The largest absolute Gasteiger partial charge is 0.481 e. The molecule has 0 saturated heterocycles. The van der Waals surface area contributed by atoms with Crippen molar-refractivity contribution in [1.29, 1.82) is 0 Å². The average Bonchev–Trinajstić information content (AvgIpc) is 3.83. The van der Waals surface area contributed by atoms with Crippen molar-refractivity contribution in [3.05, 3.63) is 32.7 Å². The molecule has 1 aromatic heterocycles. The van der Waals surface area contributed by atoms with Gasteiger partial charge in [0, 0.05) is 23.9 Å². The lowest BCUT2D eigenvalue weighted by Gasteiger charge is -2.61. The van der Waals surface area contributed by atoms with E-state index in [1.54, 1.807) is 0 Å². The minimum Gasteiger partial charge on any atom is -0.481 e. The summed E-state index contributed by atoms with van der Waals surface area (Å²) < 4.78 is 27.0. The third-order valence-corrected chi connectivity index (χ3v) is 14.3. The van der Waals surface area contributed by atoms with Crippen LogP contribution in [0.4, 0.5) is 11.4 Å². The van der Waals surface area contributed by atoms with Crippen LogP contribution in [-0.4, -0.2) is 90.0 Å². The number of nitro benzene ring substituents is 1. The number of carbonyl (C=O) groups excluding carboxylic acids is 2. The molecule has 18 nitrogen and oxygen atoms in total. The number of nitrogens with zero attached hydrogens (tertiary/aromatic N) is 6. The molecule has 0 amide bonds. The van der Waals surface area contributed by atoms with Crippen molar-refractivity contribution in [2.45, 2.75) is 110 Å². The molecule has 4 aliphatic carbocycles. The lowest BCUT2D eigenvalue weighted by atomic mass is 9.44. The summed E-state index contributed by atoms with van der Waals surface area (Å²) in [5, 5.41) is 34.7. The van der Waals surface area contributed by atoms with Gasteiger partial charge in [0.1, 0.15) is 18.8 Å². The minimum atomic E-state index is -1.25. The number of carbonyl (C=O) groups is 3. The summed E-state index contributed by atoms with van der Waals surface area (Å²) in [5.41, 5.74) is 8.42. The van der Waals surface area contributed by atoms with Crippen LogP contribution >= 0.6 is 0 Å². The first-order chi connectivity index (χ1) is 27.9. The van der Waals surface area contributed by atoms with Crippen LogP contribution in [0, 0.1) is 56.5 Å². The molecular formula is C40H57N7O11. The molecule has 58 heavy (non-hydrogen) atoms. The number of esters is 2. The number of non-ortho nitro benzene ring substituents is 1. The van der Waals surface area contributed by atoms with E-state index in [2.05, 4.69) is 46.4 Å². The Morgan fingerprint density at radius 2 is 1.74 bits per heavy atom. The number of aromatic nitrogens is 2. The summed E-state index contributed by atoms with van der Waals surface area (Å²) in [5.74, 6) is 1.17. The molecule has 10 atom stereocenters. The van der Waals surface area contributed by atoms with E-state index >= 15 is 0 Å². The van der Waals surface area contributed by atoms with Crippen LogP contribution in [-0.2, 0) is 33.3 Å². The Kier molecular flexibility index (Phi) is 14.1. The minimum absolute atomic E-state index is 0.0215. The van der Waals surface area contributed by atoms with Crippen molar-refractivity contribution in [2.75, 3.05) is 44.9 Å². The van der Waals surface area contributed by atoms with E-state index < -0.39 is 29.3 Å². The fourth-order valence-corrected chi connectivity index (χ4v) is 11.5. The molecule has 2 aromatic rings. The molecule has 4 fully saturated rings. The first kappa shape index (κ1) is 43.0. The third kappa shape index (κ3) is 9.50. The van der Waals surface area contributed by atoms with E-state index in [1.807, 2.05) is 0 Å². The van der Waals surface area contributed by atoms with Gasteiger partial charge < -0.3 is 29.4 Å². The summed E-state index contributed by atoms with van der Waals surface area (Å²) in [6, 6.07) is 1.31. The zero-order valence-corrected chi connectivity index (χ0v) is 33.7. The zero-order chi connectivity index (χ0) is 41.5. The highest BCUT2D eigenvalue weighted by Gasteiger charge is 2.60. The Morgan fingerprint density at radius 3 is 2.50 bits per heavy atom. The normalized spacial score (nSPS) is 29.8. The number of nitro groups is 1. The number of rotatable bonds is 20. The van der Waals surface area contributed by atoms with Crippen LogP contribution in [0.5, 0.6) is 0 Å². The number of carboxylic acids is 1. The van der Waals surface area contributed by atoms with Crippen LogP contribution in [0.15, 0.2) is 21.9 Å². The van der Waals surface area contributed by atoms with Gasteiger partial charge in [-0.05, 0) is 132 Å². The lowest BCUT2D eigenvalue weighted by Crippen LogP contribution is -2.54. The molecule has 0 bridgehead atoms. The van der Waals surface area contributed by atoms with Gasteiger partial charge in [0.2, 0.25) is 5.52 Å². The molecule has 4 saturated carbocycles. The second kappa shape index (κ2) is 19.0. The summed E-state index contributed by atoms with van der Waals surface area (Å²) in [4.78, 5) is 51.4. The number of aliphatic carboxylic acids is 1. The second-order valence-electron chi connectivity index (χ2n) is 17.3. The molecule has 6 rings (SSSR count). The Hall–Kier alpha value is -4.54. The zero-order valence-electron chi connectivity index (χ0n) is 33.7. The highest BCUT2D eigenvalue weighted by atomic mass is 16.6. The highest BCUT2D eigenvalue weighted by molar-refractivity contribution is 5.95. The van der Waals surface area contributed by atoms with Crippen molar-refractivity contribution in [1.82, 2.24) is 10.3 Å². The first-order valence-corrected chi connectivity index (χ1v) is 20.8. The van der Waals surface area contributed by atoms with Gasteiger partial charge in [-0.25, -0.2) is 9.42 Å². The van der Waals surface area contributed by atoms with Gasteiger partial charge in [-0.15, -0.1) is 0 Å². The highest BCUT2D eigenvalue weighted by Crippen LogP contribution is 2.68. The molecule has 3 unspecified atom stereocenters. The standard InChI is InChI=1S/C40H57N7O11/c1-24(4-11-35(50)56-21-20-55-19-18-54-17-16-42-46-41)28-7-8-29-27-6-5-25-22-26(12-14-39(25,2)30(27)13-15-40(28,29)3)57-38(51)32(23-34(48)49)43-31-9-10-33(47(52)53)37-36(31)44-58-45-37/h9-10,24-30,32,43H,4-8,11-23H2,1-3H3,(H,48,49)/t24?,25-,26-,27+,28?,29+,30+,32?,39+,40-/m1/s1. The molecule has 2 N–H and O–H groups in total. The van der Waals surface area contributed by atoms with Crippen LogP contribution in [0.1, 0.15) is 97.8 Å². The number of ether oxygens (including phenoxy) is 4. The van der Waals surface area contributed by atoms with E-state index in [0.717, 1.165) is 32.1 Å². The predicted octanol–water partition coefficient (Wildman–Crippen LogP) is 7.26. The quantitative estimate of drug-likeness (QED) is 0.0254. The SMILES string of the molecule is CC(CCC(=O)OCCOCCOCCN=[N+]=[N-])C1CC[C@H]2[C@@H]3CC[C@@H]4C[C@H](OC(=O)C(CC(=O)O)Nc5ccc([N+](=O)[O-])c6nonc56)CC[C@]4(C)[C@H]3CC[C@]12C. The molecule has 1 aromatic carbocycles. The summed E-state index contributed by atoms with van der Waals surface area (Å²) >= 11 is 0. The number of anilines is 1. The fourth-order valence-electron chi connectivity index (χ4n) is 11.5. The van der Waals surface area contributed by atoms with Crippen LogP contribution < -0.4 is 5.32 Å². The molecule has 318 valence electrons. The molecule has 4 aliphatic rings. The van der Waals surface area contributed by atoms with Crippen molar-refractivity contribution < 1.29 is 48.0 Å². The fraction of sp³-hybridized carbons (Fsp3) is 0.775. The van der Waals surface area contributed by atoms with Gasteiger partial charge in [0.15, 0.2) is 5.52 Å². The lowest BCUT2D eigenvalue weighted by molar-refractivity contribution is -0.383. The van der Waals surface area contributed by atoms with Crippen molar-refractivity contribution in [3.63, 3.8) is 0 Å². The van der Waals surface area contributed by atoms with Gasteiger partial charge in [-0.1, -0.05) is 25.9 Å². The Labute approximate surface area is 337 Å². The number of benzene rings is 1. The smallest absolute Gasteiger partial charge is 0.329 e. The molecular weight excluding hydrogens is 754 g/mol. The topological polar surface area (TPSA) is 251 Å². The maximum atomic E-state index is 13.6. The summed E-state index contributed by atoms with van der Waals surface area (Å²) in [7, 11) is 0. The van der Waals surface area contributed by atoms with Crippen molar-refractivity contribution in [2.24, 2.45) is 51.5 Å². The number of azide groups is 1. The maximum Gasteiger partial charge on any atom is 0.329 e. The van der Waals surface area contributed by atoms with Gasteiger partial charge >= 0.3 is 23.6 Å². The average molecular weight is 812 g/mol. The molecule has 0 aliphatic heterocycles. The van der Waals surface area contributed by atoms with E-state index in [4.69, 9.17) is 29.1 Å². The Morgan fingerprint density at radius 1 is 1.02 bits per heavy atom. The Balaban J connectivity index is 0.977. The Bertz CT molecular complexity index is 1840. The number of nitrogens with one attached hydrogen (secondary N) is 1. The van der Waals surface area contributed by atoms with Gasteiger partial charge in [0.25, 0.3) is 0 Å². The van der Waals surface area contributed by atoms with E-state index in [-0.39, 0.29) is 58.5 Å². The third-order valence-electron chi connectivity index (χ3n) is 14.3. The van der Waals surface area contributed by atoms with Crippen LogP contribution in [0.25, 0.3) is 21.5 Å². The summed E-state index contributed by atoms with van der Waals surface area (Å²) in [6.07, 6.45) is 9.63. The number of fused-ring (bicyclic) bond motifs is 6. The molecule has 0 radical (unpaired) electrons. The molecule has 18 heteroatoms. The number of carboxylic acid groups (broad SMARTS) is 1. The maximum absolute atomic E-state index is 13.6. The van der Waals surface area contributed by atoms with Gasteiger partial charge in [0.05, 0.1) is 43.5 Å². The van der Waals surface area contributed by atoms with Gasteiger partial charge in [-0.2, -0.15) is 0 Å². The van der Waals surface area contributed by atoms with Crippen LogP contribution in [0.3, 0.4) is 0 Å². The molecule has 0 spiro atoms. The summed E-state index contributed by atoms with van der Waals surface area (Å²) in [6.45, 7) is 9.15. The number of hydrogen-bond acceptors (Lipinski definition) is 14. The van der Waals surface area contributed by atoms with E-state index in [9.17, 15) is 29.6 Å². The van der Waals surface area contributed by atoms with Crippen molar-refractivity contribution in [3.8, 4) is 0 Å². The van der Waals surface area contributed by atoms with E-state index in [0.29, 0.717) is 74.8 Å². The molecule has 1 heterocycles. The first-order valence-electron chi connectivity index (χ1n) is 20.8. The van der Waals surface area contributed by atoms with Gasteiger partial charge in [-0.3, -0.25) is 19.7 Å². The van der Waals surface area contributed by atoms with E-state index in [1.165, 1.54) is 37.8 Å². The van der Waals surface area contributed by atoms with Crippen LogP contribution in [0.2, 0.25) is 0 Å². The monoisotopic (exact) mass is 811 g/mol.